The van der Waals surface area contributed by atoms with Gasteiger partial charge < -0.3 is 5.73 Å². The molecule has 0 aliphatic heterocycles. The predicted octanol–water partition coefficient (Wildman–Crippen LogP) is 3.20. The Morgan fingerprint density at radius 2 is 2.25 bits per heavy atom. The van der Waals surface area contributed by atoms with Gasteiger partial charge in [0.05, 0.1) is 22.4 Å². The molecule has 2 atom stereocenters. The number of aryl methyl sites for hydroxylation is 1. The maximum absolute atomic E-state index is 6.21. The smallest absolute Gasteiger partial charge is 0.0701 e. The lowest BCUT2D eigenvalue weighted by molar-refractivity contribution is 0.591. The molecule has 1 aromatic rings. The van der Waals surface area contributed by atoms with Gasteiger partial charge in [-0.2, -0.15) is 16.9 Å². The largest absolute Gasteiger partial charge is 0.322 e. The third-order valence-corrected chi connectivity index (χ3v) is 4.68. The second kappa shape index (κ2) is 6.67. The zero-order valence-corrected chi connectivity index (χ0v) is 12.5. The Balaban J connectivity index is 2.64. The molecule has 1 aromatic heterocycles. The summed E-state index contributed by atoms with van der Waals surface area (Å²) in [6.07, 6.45) is 3.01. The molecule has 3 nitrogen and oxygen atoms in total. The van der Waals surface area contributed by atoms with E-state index in [0.717, 1.165) is 22.5 Å². The molecule has 2 unspecified atom stereocenters. The highest BCUT2D eigenvalue weighted by molar-refractivity contribution is 9.10. The zero-order chi connectivity index (χ0) is 12.1. The van der Waals surface area contributed by atoms with Gasteiger partial charge in [-0.1, -0.05) is 13.8 Å². The minimum Gasteiger partial charge on any atom is -0.322 e. The molecule has 0 aromatic carbocycles. The summed E-state index contributed by atoms with van der Waals surface area (Å²) in [5, 5.41) is 4.95. The van der Waals surface area contributed by atoms with Gasteiger partial charge in [0.1, 0.15) is 0 Å². The van der Waals surface area contributed by atoms with Crippen molar-refractivity contribution < 1.29 is 0 Å². The van der Waals surface area contributed by atoms with Gasteiger partial charge in [-0.25, -0.2) is 0 Å². The zero-order valence-electron chi connectivity index (χ0n) is 10.1. The fourth-order valence-corrected chi connectivity index (χ4v) is 2.98. The first-order chi connectivity index (χ1) is 7.60. The van der Waals surface area contributed by atoms with Crippen LogP contribution in [0.5, 0.6) is 0 Å². The normalized spacial score (nSPS) is 15.1. The molecule has 0 amide bonds. The summed E-state index contributed by atoms with van der Waals surface area (Å²) in [5.74, 6) is 0.944. The molecular weight excluding hydrogens is 286 g/mol. The van der Waals surface area contributed by atoms with E-state index in [9.17, 15) is 0 Å². The summed E-state index contributed by atoms with van der Waals surface area (Å²) in [7, 11) is 0. The Morgan fingerprint density at radius 3 is 2.81 bits per heavy atom. The lowest BCUT2D eigenvalue weighted by Crippen LogP contribution is -2.19. The molecule has 16 heavy (non-hydrogen) atoms. The molecule has 92 valence electrons. The van der Waals surface area contributed by atoms with Crippen LogP contribution >= 0.6 is 27.7 Å². The molecule has 1 rings (SSSR count). The highest BCUT2D eigenvalue weighted by atomic mass is 79.9. The Morgan fingerprint density at radius 1 is 1.56 bits per heavy atom. The Hall–Kier alpha value is 0. The van der Waals surface area contributed by atoms with Crippen LogP contribution in [0, 0.1) is 0 Å². The van der Waals surface area contributed by atoms with Gasteiger partial charge in [0.15, 0.2) is 0 Å². The van der Waals surface area contributed by atoms with E-state index in [1.54, 1.807) is 0 Å². The molecule has 0 aliphatic rings. The third kappa shape index (κ3) is 3.50. The summed E-state index contributed by atoms with van der Waals surface area (Å²) < 4.78 is 2.98. The average molecular weight is 306 g/mol. The van der Waals surface area contributed by atoms with Crippen LogP contribution in [0.15, 0.2) is 10.7 Å². The van der Waals surface area contributed by atoms with Gasteiger partial charge in [-0.3, -0.25) is 4.68 Å². The third-order valence-electron chi connectivity index (χ3n) is 2.62. The molecule has 1 heterocycles. The van der Waals surface area contributed by atoms with E-state index in [2.05, 4.69) is 41.8 Å². The monoisotopic (exact) mass is 305 g/mol. The minimum atomic E-state index is 0.0517. The molecule has 0 fully saturated rings. The summed E-state index contributed by atoms with van der Waals surface area (Å²) in [6.45, 7) is 7.39. The van der Waals surface area contributed by atoms with Crippen molar-refractivity contribution in [3.63, 3.8) is 0 Å². The van der Waals surface area contributed by atoms with E-state index in [1.165, 1.54) is 6.42 Å². The fourth-order valence-electron chi connectivity index (χ4n) is 1.46. The number of thioether (sulfide) groups is 1. The second-order valence-corrected chi connectivity index (χ2v) is 6.18. The maximum atomic E-state index is 6.21. The highest BCUT2D eigenvalue weighted by Gasteiger charge is 2.16. The van der Waals surface area contributed by atoms with E-state index >= 15 is 0 Å². The van der Waals surface area contributed by atoms with Crippen LogP contribution in [0.1, 0.15) is 38.9 Å². The van der Waals surface area contributed by atoms with Crippen LogP contribution in [-0.2, 0) is 6.54 Å². The number of halogens is 1. The van der Waals surface area contributed by atoms with Crippen LogP contribution in [0.25, 0.3) is 0 Å². The van der Waals surface area contributed by atoms with Crippen LogP contribution in [-0.4, -0.2) is 20.8 Å². The van der Waals surface area contributed by atoms with E-state index in [-0.39, 0.29) is 6.04 Å². The molecule has 0 spiro atoms. The number of hydrogen-bond donors (Lipinski definition) is 1. The van der Waals surface area contributed by atoms with Crippen molar-refractivity contribution in [1.29, 1.82) is 0 Å². The predicted molar refractivity (Wildman–Crippen MR) is 74.7 cm³/mol. The number of aromatic nitrogens is 2. The summed E-state index contributed by atoms with van der Waals surface area (Å²) in [6, 6.07) is 0.0517. The summed E-state index contributed by atoms with van der Waals surface area (Å²) in [4.78, 5) is 0. The molecule has 0 bridgehead atoms. The van der Waals surface area contributed by atoms with Gasteiger partial charge in [-0.05, 0) is 29.3 Å². The van der Waals surface area contributed by atoms with Gasteiger partial charge in [-0.15, -0.1) is 0 Å². The van der Waals surface area contributed by atoms with Crippen molar-refractivity contribution in [2.75, 3.05) is 5.75 Å². The molecule has 0 radical (unpaired) electrons. The minimum absolute atomic E-state index is 0.0517. The second-order valence-electron chi connectivity index (χ2n) is 3.85. The van der Waals surface area contributed by atoms with Crippen molar-refractivity contribution in [3.05, 3.63) is 16.4 Å². The number of hydrogen-bond acceptors (Lipinski definition) is 3. The molecule has 5 heteroatoms. The molecule has 0 saturated heterocycles. The topological polar surface area (TPSA) is 43.8 Å². The fraction of sp³-hybridized carbons (Fsp3) is 0.727. The molecule has 0 aliphatic carbocycles. The van der Waals surface area contributed by atoms with Crippen LogP contribution in [0.3, 0.4) is 0 Å². The van der Waals surface area contributed by atoms with Crippen LogP contribution < -0.4 is 5.73 Å². The first-order valence-corrected chi connectivity index (χ1v) is 7.52. The molecule has 2 N–H and O–H groups in total. The Kier molecular flexibility index (Phi) is 5.86. The molecular formula is C11H20BrN3S. The maximum Gasteiger partial charge on any atom is 0.0701 e. The lowest BCUT2D eigenvalue weighted by atomic mass is 10.2. The first-order valence-electron chi connectivity index (χ1n) is 5.68. The van der Waals surface area contributed by atoms with Crippen molar-refractivity contribution >= 4 is 27.7 Å². The SMILES string of the molecule is CCC(C)SCC(N)c1c(Br)cnn1CC. The van der Waals surface area contributed by atoms with Crippen molar-refractivity contribution in [3.8, 4) is 0 Å². The number of rotatable bonds is 6. The van der Waals surface area contributed by atoms with Crippen LogP contribution in [0.4, 0.5) is 0 Å². The number of nitrogens with zero attached hydrogens (tertiary/aromatic N) is 2. The summed E-state index contributed by atoms with van der Waals surface area (Å²) in [5.41, 5.74) is 7.32. The Bertz CT molecular complexity index is 327. The van der Waals surface area contributed by atoms with Gasteiger partial charge in [0.25, 0.3) is 0 Å². The quantitative estimate of drug-likeness (QED) is 0.878. The van der Waals surface area contributed by atoms with E-state index < -0.39 is 0 Å². The van der Waals surface area contributed by atoms with E-state index in [1.807, 2.05) is 22.6 Å². The number of nitrogens with two attached hydrogens (primary N) is 1. The lowest BCUT2D eigenvalue weighted by Gasteiger charge is -2.16. The van der Waals surface area contributed by atoms with Crippen molar-refractivity contribution in [1.82, 2.24) is 9.78 Å². The first kappa shape index (κ1) is 14.1. The van der Waals surface area contributed by atoms with Gasteiger partial charge >= 0.3 is 0 Å². The van der Waals surface area contributed by atoms with E-state index in [4.69, 9.17) is 5.73 Å². The average Bonchev–Trinajstić information content (AvgIpc) is 2.66. The van der Waals surface area contributed by atoms with Crippen molar-refractivity contribution in [2.24, 2.45) is 5.73 Å². The van der Waals surface area contributed by atoms with Crippen molar-refractivity contribution in [2.45, 2.75) is 45.0 Å². The standard InChI is InChI=1S/C11H20BrN3S/c1-4-8(3)16-7-10(13)11-9(12)6-14-15(11)5-2/h6,8,10H,4-5,7,13H2,1-3H3. The van der Waals surface area contributed by atoms with Crippen LogP contribution in [0.2, 0.25) is 0 Å². The molecule has 0 saturated carbocycles. The highest BCUT2D eigenvalue weighted by Crippen LogP contribution is 2.26. The summed E-state index contributed by atoms with van der Waals surface area (Å²) >= 11 is 5.43. The van der Waals surface area contributed by atoms with E-state index in [0.29, 0.717) is 5.25 Å². The van der Waals surface area contributed by atoms with Gasteiger partial charge in [0, 0.05) is 17.5 Å². The van der Waals surface area contributed by atoms with Gasteiger partial charge in [0.2, 0.25) is 0 Å². The Labute approximate surface area is 110 Å².